The molecule has 2 atom stereocenters. The molecule has 1 spiro atoms. The molecule has 2 aliphatic rings. The van der Waals surface area contributed by atoms with E-state index in [1.54, 1.807) is 0 Å². The number of rotatable bonds is 4. The summed E-state index contributed by atoms with van der Waals surface area (Å²) in [7, 11) is 0. The first-order valence-electron chi connectivity index (χ1n) is 7.47. The van der Waals surface area contributed by atoms with E-state index in [9.17, 15) is 0 Å². The van der Waals surface area contributed by atoms with Gasteiger partial charge in [0.1, 0.15) is 0 Å². The predicted octanol–water partition coefficient (Wildman–Crippen LogP) is 2.93. The van der Waals surface area contributed by atoms with Crippen molar-refractivity contribution in [3.8, 4) is 0 Å². The van der Waals surface area contributed by atoms with E-state index < -0.39 is 0 Å². The lowest BCUT2D eigenvalue weighted by Crippen LogP contribution is -2.41. The minimum atomic E-state index is 0.189. The van der Waals surface area contributed by atoms with E-state index >= 15 is 0 Å². The van der Waals surface area contributed by atoms with Gasteiger partial charge in [-0.25, -0.2) is 0 Å². The Bertz CT molecular complexity index is 389. The van der Waals surface area contributed by atoms with Crippen LogP contribution in [0, 0.1) is 5.92 Å². The number of hydrogen-bond donors (Lipinski definition) is 1. The van der Waals surface area contributed by atoms with E-state index in [4.69, 9.17) is 4.74 Å². The van der Waals surface area contributed by atoms with Crippen molar-refractivity contribution in [3.63, 3.8) is 0 Å². The summed E-state index contributed by atoms with van der Waals surface area (Å²) in [5.74, 6) is 0.661. The molecule has 1 aliphatic carbocycles. The number of ether oxygens (including phenoxy) is 1. The zero-order valence-electron chi connectivity index (χ0n) is 11.6. The Hall–Kier alpha value is -0.520. The molecule has 1 aromatic heterocycles. The van der Waals surface area contributed by atoms with Crippen LogP contribution < -0.4 is 5.32 Å². The Morgan fingerprint density at radius 2 is 2.37 bits per heavy atom. The molecule has 0 amide bonds. The van der Waals surface area contributed by atoms with E-state index in [-0.39, 0.29) is 5.60 Å². The first kappa shape index (κ1) is 13.5. The lowest BCUT2D eigenvalue weighted by molar-refractivity contribution is -0.0979. The van der Waals surface area contributed by atoms with Crippen LogP contribution in [0.15, 0.2) is 6.20 Å². The van der Waals surface area contributed by atoms with Crippen molar-refractivity contribution in [2.75, 3.05) is 13.2 Å². The van der Waals surface area contributed by atoms with Gasteiger partial charge in [0, 0.05) is 12.6 Å². The highest BCUT2D eigenvalue weighted by molar-refractivity contribution is 7.05. The summed E-state index contributed by atoms with van der Waals surface area (Å²) in [6, 6.07) is 0.409. The SMILES string of the molecule is CCNC(c1cnns1)C1CCOC2(CCCC2)C1. The lowest BCUT2D eigenvalue weighted by atomic mass is 9.80. The van der Waals surface area contributed by atoms with Crippen LogP contribution in [0.2, 0.25) is 0 Å². The largest absolute Gasteiger partial charge is 0.375 e. The molecule has 1 aromatic rings. The molecule has 1 N–H and O–H groups in total. The third-order valence-electron chi connectivity index (χ3n) is 4.63. The summed E-state index contributed by atoms with van der Waals surface area (Å²) in [4.78, 5) is 1.28. The molecule has 3 rings (SSSR count). The van der Waals surface area contributed by atoms with Gasteiger partial charge in [-0.05, 0) is 49.7 Å². The van der Waals surface area contributed by atoms with Crippen LogP contribution in [0.1, 0.15) is 56.4 Å². The minimum absolute atomic E-state index is 0.189. The van der Waals surface area contributed by atoms with E-state index in [1.165, 1.54) is 48.5 Å². The highest BCUT2D eigenvalue weighted by atomic mass is 32.1. The number of aromatic nitrogens is 2. The first-order valence-corrected chi connectivity index (χ1v) is 8.25. The monoisotopic (exact) mass is 281 g/mol. The topological polar surface area (TPSA) is 47.0 Å². The van der Waals surface area contributed by atoms with Gasteiger partial charge in [0.05, 0.1) is 16.7 Å². The van der Waals surface area contributed by atoms with Crippen LogP contribution >= 0.6 is 11.5 Å². The maximum Gasteiger partial charge on any atom is 0.0686 e. The van der Waals surface area contributed by atoms with Crippen LogP contribution in [0.3, 0.4) is 0 Å². The summed E-state index contributed by atoms with van der Waals surface area (Å²) >= 11 is 1.53. The molecule has 19 heavy (non-hydrogen) atoms. The van der Waals surface area contributed by atoms with Gasteiger partial charge in [0.25, 0.3) is 0 Å². The number of hydrogen-bond acceptors (Lipinski definition) is 5. The maximum atomic E-state index is 6.15. The summed E-state index contributed by atoms with van der Waals surface area (Å²) in [6.07, 6.45) is 9.45. The van der Waals surface area contributed by atoms with Crippen molar-refractivity contribution >= 4 is 11.5 Å². The summed E-state index contributed by atoms with van der Waals surface area (Å²) < 4.78 is 10.2. The molecular formula is C14H23N3OS. The van der Waals surface area contributed by atoms with Crippen LogP contribution in [-0.4, -0.2) is 28.3 Å². The molecule has 0 aromatic carbocycles. The molecule has 1 saturated heterocycles. The normalized spacial score (nSPS) is 27.7. The van der Waals surface area contributed by atoms with Crippen molar-refractivity contribution in [3.05, 3.63) is 11.1 Å². The van der Waals surface area contributed by atoms with E-state index in [2.05, 4.69) is 21.8 Å². The van der Waals surface area contributed by atoms with Crippen LogP contribution in [-0.2, 0) is 4.74 Å². The smallest absolute Gasteiger partial charge is 0.0686 e. The maximum absolute atomic E-state index is 6.15. The van der Waals surface area contributed by atoms with Gasteiger partial charge in [0.2, 0.25) is 0 Å². The first-order chi connectivity index (χ1) is 9.33. The fourth-order valence-electron chi connectivity index (χ4n) is 3.75. The van der Waals surface area contributed by atoms with E-state index in [0.717, 1.165) is 19.6 Å². The zero-order chi connectivity index (χ0) is 13.1. The quantitative estimate of drug-likeness (QED) is 0.922. The Kier molecular flexibility index (Phi) is 4.15. The van der Waals surface area contributed by atoms with Gasteiger partial charge in [-0.1, -0.05) is 24.3 Å². The highest BCUT2D eigenvalue weighted by Crippen LogP contribution is 2.45. The number of nitrogens with one attached hydrogen (secondary N) is 1. The molecular weight excluding hydrogens is 258 g/mol. The molecule has 106 valence electrons. The van der Waals surface area contributed by atoms with Crippen molar-refractivity contribution < 1.29 is 4.74 Å². The minimum Gasteiger partial charge on any atom is -0.375 e. The molecule has 2 heterocycles. The fourth-order valence-corrected chi connectivity index (χ4v) is 4.42. The van der Waals surface area contributed by atoms with Crippen molar-refractivity contribution in [1.82, 2.24) is 14.9 Å². The molecule has 0 radical (unpaired) electrons. The van der Waals surface area contributed by atoms with Gasteiger partial charge in [-0.2, -0.15) is 0 Å². The second kappa shape index (κ2) is 5.85. The zero-order valence-corrected chi connectivity index (χ0v) is 12.4. The van der Waals surface area contributed by atoms with Gasteiger partial charge in [0.15, 0.2) is 0 Å². The second-order valence-corrected chi connectivity index (χ2v) is 6.66. The van der Waals surface area contributed by atoms with Crippen LogP contribution in [0.25, 0.3) is 0 Å². The van der Waals surface area contributed by atoms with Crippen molar-refractivity contribution in [2.45, 2.75) is 57.1 Å². The molecule has 5 heteroatoms. The van der Waals surface area contributed by atoms with Gasteiger partial charge < -0.3 is 10.1 Å². The van der Waals surface area contributed by atoms with Crippen LogP contribution in [0.5, 0.6) is 0 Å². The summed E-state index contributed by atoms with van der Waals surface area (Å²) in [5, 5.41) is 7.64. The second-order valence-electron chi connectivity index (χ2n) is 5.85. The van der Waals surface area contributed by atoms with Crippen molar-refractivity contribution in [2.24, 2.45) is 5.92 Å². The highest BCUT2D eigenvalue weighted by Gasteiger charge is 2.42. The van der Waals surface area contributed by atoms with Gasteiger partial charge >= 0.3 is 0 Å². The lowest BCUT2D eigenvalue weighted by Gasteiger charge is -2.41. The summed E-state index contributed by atoms with van der Waals surface area (Å²) in [6.45, 7) is 4.08. The molecule has 2 unspecified atom stereocenters. The third kappa shape index (κ3) is 2.83. The molecule has 0 bridgehead atoms. The Morgan fingerprint density at radius 1 is 1.53 bits per heavy atom. The van der Waals surface area contributed by atoms with Crippen molar-refractivity contribution in [1.29, 1.82) is 0 Å². The summed E-state index contributed by atoms with van der Waals surface area (Å²) in [5.41, 5.74) is 0.189. The predicted molar refractivity (Wildman–Crippen MR) is 76.2 cm³/mol. The molecule has 2 fully saturated rings. The average Bonchev–Trinajstić information content (AvgIpc) is 3.08. The molecule has 1 aliphatic heterocycles. The average molecular weight is 281 g/mol. The van der Waals surface area contributed by atoms with Gasteiger partial charge in [-0.15, -0.1) is 5.10 Å². The Morgan fingerprint density at radius 3 is 3.05 bits per heavy atom. The van der Waals surface area contributed by atoms with E-state index in [1.807, 2.05) is 6.20 Å². The Labute approximate surface area is 119 Å². The standard InChI is InChI=1S/C14H23N3OS/c1-2-15-13(12-10-16-17-19-12)11-5-8-18-14(9-11)6-3-4-7-14/h10-11,13,15H,2-9H2,1H3. The third-order valence-corrected chi connectivity index (χ3v) is 5.37. The van der Waals surface area contributed by atoms with Crippen LogP contribution in [0.4, 0.5) is 0 Å². The van der Waals surface area contributed by atoms with Gasteiger partial charge in [-0.3, -0.25) is 0 Å². The molecule has 1 saturated carbocycles. The fraction of sp³-hybridized carbons (Fsp3) is 0.857. The van der Waals surface area contributed by atoms with E-state index in [0.29, 0.717) is 12.0 Å². The number of nitrogens with zero attached hydrogens (tertiary/aromatic N) is 2. The Balaban J connectivity index is 1.74. The molecule has 4 nitrogen and oxygen atoms in total.